The fraction of sp³-hybridized carbons (Fsp3) is 0.100. The Kier molecular flexibility index (Phi) is 4.15. The minimum atomic E-state index is 0. The molecule has 2 rings (SSSR count). The molecule has 0 aliphatic carbocycles. The van der Waals surface area contributed by atoms with Crippen LogP contribution in [0.15, 0.2) is 30.6 Å². The van der Waals surface area contributed by atoms with Crippen LogP contribution in [0.25, 0.3) is 11.3 Å². The number of hydrogen-bond acceptors (Lipinski definition) is 2. The summed E-state index contributed by atoms with van der Waals surface area (Å²) in [7, 11) is 0. The van der Waals surface area contributed by atoms with Gasteiger partial charge in [-0.05, 0) is 12.1 Å². The van der Waals surface area contributed by atoms with Gasteiger partial charge in [-0.25, -0.2) is 4.98 Å². The number of nitrogens with zero attached hydrogens (tertiary/aromatic N) is 1. The largest absolute Gasteiger partial charge is 0.347 e. The summed E-state index contributed by atoms with van der Waals surface area (Å²) in [5.41, 5.74) is 8.42. The van der Waals surface area contributed by atoms with Crippen LogP contribution in [0.3, 0.4) is 0 Å². The molecule has 0 aliphatic rings. The third-order valence-corrected chi connectivity index (χ3v) is 2.29. The Hall–Kier alpha value is -1.03. The zero-order chi connectivity index (χ0) is 9.97. The van der Waals surface area contributed by atoms with E-state index in [1.54, 1.807) is 6.33 Å². The van der Waals surface area contributed by atoms with Crippen molar-refractivity contribution in [2.75, 3.05) is 0 Å². The fourth-order valence-electron chi connectivity index (χ4n) is 1.33. The zero-order valence-corrected chi connectivity index (χ0v) is 9.48. The van der Waals surface area contributed by atoms with Crippen molar-refractivity contribution in [2.45, 2.75) is 6.54 Å². The number of nitrogens with two attached hydrogens (primary N) is 1. The zero-order valence-electron chi connectivity index (χ0n) is 7.90. The van der Waals surface area contributed by atoms with Gasteiger partial charge in [0.15, 0.2) is 0 Å². The van der Waals surface area contributed by atoms with Crippen LogP contribution in [0.2, 0.25) is 5.02 Å². The van der Waals surface area contributed by atoms with E-state index < -0.39 is 0 Å². The highest BCUT2D eigenvalue weighted by atomic mass is 35.5. The fourth-order valence-corrected chi connectivity index (χ4v) is 1.46. The molecule has 0 spiro atoms. The van der Waals surface area contributed by atoms with Crippen LogP contribution in [0.1, 0.15) is 5.69 Å². The van der Waals surface area contributed by atoms with Gasteiger partial charge in [0.1, 0.15) is 0 Å². The van der Waals surface area contributed by atoms with E-state index in [-0.39, 0.29) is 12.4 Å². The second-order valence-electron chi connectivity index (χ2n) is 2.94. The predicted molar refractivity (Wildman–Crippen MR) is 64.2 cm³/mol. The first-order valence-electron chi connectivity index (χ1n) is 4.29. The number of H-pyrrole nitrogens is 1. The minimum Gasteiger partial charge on any atom is -0.347 e. The van der Waals surface area contributed by atoms with Crippen LogP contribution < -0.4 is 5.73 Å². The molecule has 5 heteroatoms. The summed E-state index contributed by atoms with van der Waals surface area (Å²) in [5, 5.41) is 0.721. The quantitative estimate of drug-likeness (QED) is 0.853. The molecular formula is C10H11Cl2N3. The molecule has 0 unspecified atom stereocenters. The van der Waals surface area contributed by atoms with Crippen LogP contribution in [0.4, 0.5) is 0 Å². The summed E-state index contributed by atoms with van der Waals surface area (Å²) in [6.45, 7) is 0.456. The predicted octanol–water partition coefficient (Wildman–Crippen LogP) is 2.61. The Morgan fingerprint density at radius 2 is 1.93 bits per heavy atom. The number of aromatic amines is 1. The molecule has 3 N–H and O–H groups in total. The second-order valence-corrected chi connectivity index (χ2v) is 3.38. The number of aromatic nitrogens is 2. The van der Waals surface area contributed by atoms with Gasteiger partial charge in [0, 0.05) is 17.1 Å². The lowest BCUT2D eigenvalue weighted by Gasteiger charge is -2.00. The number of benzene rings is 1. The molecule has 0 atom stereocenters. The molecule has 1 heterocycles. The molecule has 2 aromatic rings. The van der Waals surface area contributed by atoms with Crippen molar-refractivity contribution >= 4 is 24.0 Å². The summed E-state index contributed by atoms with van der Waals surface area (Å²) >= 11 is 5.79. The van der Waals surface area contributed by atoms with E-state index in [0.29, 0.717) is 6.54 Å². The average molecular weight is 244 g/mol. The van der Waals surface area contributed by atoms with Crippen LogP contribution in [0.5, 0.6) is 0 Å². The molecule has 0 fully saturated rings. The molecule has 1 aromatic carbocycles. The average Bonchev–Trinajstić information content (AvgIpc) is 2.67. The van der Waals surface area contributed by atoms with Crippen molar-refractivity contribution in [3.05, 3.63) is 41.3 Å². The van der Waals surface area contributed by atoms with Gasteiger partial charge in [-0.1, -0.05) is 23.7 Å². The van der Waals surface area contributed by atoms with Gasteiger partial charge in [0.05, 0.1) is 17.7 Å². The van der Waals surface area contributed by atoms with Crippen molar-refractivity contribution in [3.8, 4) is 11.3 Å². The van der Waals surface area contributed by atoms with Crippen LogP contribution in [0, 0.1) is 0 Å². The smallest absolute Gasteiger partial charge is 0.0929 e. The molecule has 80 valence electrons. The Morgan fingerprint density at radius 3 is 2.53 bits per heavy atom. The van der Waals surface area contributed by atoms with E-state index in [2.05, 4.69) is 9.97 Å². The van der Waals surface area contributed by atoms with Crippen molar-refractivity contribution in [1.82, 2.24) is 9.97 Å². The lowest BCUT2D eigenvalue weighted by atomic mass is 10.1. The Balaban J connectivity index is 0.00000112. The molecule has 0 radical (unpaired) electrons. The van der Waals surface area contributed by atoms with E-state index >= 15 is 0 Å². The number of rotatable bonds is 2. The maximum atomic E-state index is 5.79. The summed E-state index contributed by atoms with van der Waals surface area (Å²) in [5.74, 6) is 0. The molecular weight excluding hydrogens is 233 g/mol. The topological polar surface area (TPSA) is 54.7 Å². The van der Waals surface area contributed by atoms with Gasteiger partial charge in [-0.3, -0.25) is 0 Å². The van der Waals surface area contributed by atoms with Crippen LogP contribution >= 0.6 is 24.0 Å². The van der Waals surface area contributed by atoms with Gasteiger partial charge in [0.25, 0.3) is 0 Å². The number of halogens is 2. The third kappa shape index (κ3) is 2.50. The molecule has 0 aliphatic heterocycles. The monoisotopic (exact) mass is 243 g/mol. The molecule has 0 saturated heterocycles. The molecule has 0 amide bonds. The van der Waals surface area contributed by atoms with Crippen molar-refractivity contribution in [3.63, 3.8) is 0 Å². The SMILES string of the molecule is Cl.NCc1[nH]cnc1-c1ccc(Cl)cc1. The third-order valence-electron chi connectivity index (χ3n) is 2.04. The number of imidazole rings is 1. The Morgan fingerprint density at radius 1 is 1.27 bits per heavy atom. The molecule has 15 heavy (non-hydrogen) atoms. The van der Waals surface area contributed by atoms with E-state index in [4.69, 9.17) is 17.3 Å². The van der Waals surface area contributed by atoms with Gasteiger partial charge < -0.3 is 10.7 Å². The van der Waals surface area contributed by atoms with Gasteiger partial charge in [-0.2, -0.15) is 0 Å². The van der Waals surface area contributed by atoms with Crippen molar-refractivity contribution < 1.29 is 0 Å². The summed E-state index contributed by atoms with van der Waals surface area (Å²) in [6.07, 6.45) is 1.64. The molecule has 3 nitrogen and oxygen atoms in total. The maximum Gasteiger partial charge on any atom is 0.0929 e. The van der Waals surface area contributed by atoms with Gasteiger partial charge in [0.2, 0.25) is 0 Å². The lowest BCUT2D eigenvalue weighted by molar-refractivity contribution is 1.01. The molecule has 0 bridgehead atoms. The van der Waals surface area contributed by atoms with E-state index in [9.17, 15) is 0 Å². The maximum absolute atomic E-state index is 5.79. The number of hydrogen-bond donors (Lipinski definition) is 2. The van der Waals surface area contributed by atoms with E-state index in [0.717, 1.165) is 22.0 Å². The van der Waals surface area contributed by atoms with Crippen LogP contribution in [-0.4, -0.2) is 9.97 Å². The highest BCUT2D eigenvalue weighted by molar-refractivity contribution is 6.30. The summed E-state index contributed by atoms with van der Waals surface area (Å²) in [6, 6.07) is 7.53. The van der Waals surface area contributed by atoms with Crippen molar-refractivity contribution in [2.24, 2.45) is 5.73 Å². The summed E-state index contributed by atoms with van der Waals surface area (Å²) < 4.78 is 0. The second kappa shape index (κ2) is 5.16. The lowest BCUT2D eigenvalue weighted by Crippen LogP contribution is -1.98. The summed E-state index contributed by atoms with van der Waals surface area (Å²) in [4.78, 5) is 7.21. The van der Waals surface area contributed by atoms with Gasteiger partial charge >= 0.3 is 0 Å². The van der Waals surface area contributed by atoms with Crippen LogP contribution in [-0.2, 0) is 6.54 Å². The minimum absolute atomic E-state index is 0. The van der Waals surface area contributed by atoms with Crippen molar-refractivity contribution in [1.29, 1.82) is 0 Å². The van der Waals surface area contributed by atoms with E-state index in [1.165, 1.54) is 0 Å². The first-order chi connectivity index (χ1) is 6.81. The highest BCUT2D eigenvalue weighted by Crippen LogP contribution is 2.21. The Labute approximate surface area is 99.1 Å². The highest BCUT2D eigenvalue weighted by Gasteiger charge is 2.05. The van der Waals surface area contributed by atoms with E-state index in [1.807, 2.05) is 24.3 Å². The standard InChI is InChI=1S/C10H10ClN3.ClH/c11-8-3-1-7(2-4-8)10-9(5-12)13-6-14-10;/h1-4,6H,5,12H2,(H,13,14);1H. The molecule has 1 aromatic heterocycles. The Bertz CT molecular complexity index is 422. The molecule has 0 saturated carbocycles. The first-order valence-corrected chi connectivity index (χ1v) is 4.67. The normalized spacial score (nSPS) is 9.73. The van der Waals surface area contributed by atoms with Gasteiger partial charge in [-0.15, -0.1) is 12.4 Å². The number of nitrogens with one attached hydrogen (secondary N) is 1. The first kappa shape index (κ1) is 12.0.